The molecule has 0 aliphatic heterocycles. The van der Waals surface area contributed by atoms with Crippen LogP contribution in [0, 0.1) is 0 Å². The Morgan fingerprint density at radius 3 is 2.62 bits per heavy atom. The van der Waals surface area contributed by atoms with E-state index < -0.39 is 5.97 Å². The van der Waals surface area contributed by atoms with E-state index in [0.717, 1.165) is 25.7 Å². The van der Waals surface area contributed by atoms with E-state index in [2.05, 4.69) is 5.32 Å². The first kappa shape index (κ1) is 15.8. The van der Waals surface area contributed by atoms with Gasteiger partial charge in [0.05, 0.1) is 6.42 Å². The van der Waals surface area contributed by atoms with Crippen LogP contribution in [0.15, 0.2) is 24.3 Å². The lowest BCUT2D eigenvalue weighted by molar-refractivity contribution is -0.148. The summed E-state index contributed by atoms with van der Waals surface area (Å²) in [5, 5.41) is 3.44. The first-order valence-corrected chi connectivity index (χ1v) is 7.71. The molecule has 114 valence electrons. The maximum absolute atomic E-state index is 11.7. The zero-order valence-corrected chi connectivity index (χ0v) is 12.7. The molecule has 1 fully saturated rings. The van der Waals surface area contributed by atoms with Crippen molar-refractivity contribution in [2.75, 3.05) is 6.61 Å². The molecule has 1 amide bonds. The SMILES string of the molecule is O=C(COC(=O)Cc1ccccc1Cl)NC1CCCCC1. The molecule has 21 heavy (non-hydrogen) atoms. The summed E-state index contributed by atoms with van der Waals surface area (Å²) in [4.78, 5) is 23.4. The summed E-state index contributed by atoms with van der Waals surface area (Å²) in [5.41, 5.74) is 0.705. The maximum Gasteiger partial charge on any atom is 0.310 e. The molecule has 1 aromatic rings. The molecule has 4 nitrogen and oxygen atoms in total. The Kier molecular flexibility index (Phi) is 6.05. The molecule has 0 atom stereocenters. The van der Waals surface area contributed by atoms with Gasteiger partial charge in [-0.2, -0.15) is 0 Å². The number of esters is 1. The van der Waals surface area contributed by atoms with Crippen LogP contribution in [0.5, 0.6) is 0 Å². The van der Waals surface area contributed by atoms with Crippen molar-refractivity contribution in [3.05, 3.63) is 34.9 Å². The van der Waals surface area contributed by atoms with Gasteiger partial charge in [0.15, 0.2) is 6.61 Å². The summed E-state index contributed by atoms with van der Waals surface area (Å²) in [6.45, 7) is -0.222. The van der Waals surface area contributed by atoms with Gasteiger partial charge >= 0.3 is 5.97 Å². The molecule has 1 aliphatic carbocycles. The maximum atomic E-state index is 11.7. The van der Waals surface area contributed by atoms with E-state index >= 15 is 0 Å². The molecule has 1 aromatic carbocycles. The van der Waals surface area contributed by atoms with E-state index in [-0.39, 0.29) is 25.0 Å². The molecule has 0 radical (unpaired) electrons. The molecule has 1 aliphatic rings. The van der Waals surface area contributed by atoms with Gasteiger partial charge in [-0.25, -0.2) is 0 Å². The number of halogens is 1. The predicted molar refractivity (Wildman–Crippen MR) is 81.1 cm³/mol. The van der Waals surface area contributed by atoms with Crippen LogP contribution in [0.4, 0.5) is 0 Å². The highest BCUT2D eigenvalue weighted by molar-refractivity contribution is 6.31. The highest BCUT2D eigenvalue weighted by Gasteiger charge is 2.16. The van der Waals surface area contributed by atoms with E-state index in [1.165, 1.54) is 6.42 Å². The third kappa shape index (κ3) is 5.38. The minimum Gasteiger partial charge on any atom is -0.455 e. The first-order valence-electron chi connectivity index (χ1n) is 7.33. The quantitative estimate of drug-likeness (QED) is 0.851. The number of carbonyl (C=O) groups is 2. The number of carbonyl (C=O) groups excluding carboxylic acids is 2. The highest BCUT2D eigenvalue weighted by Crippen LogP contribution is 2.17. The lowest BCUT2D eigenvalue weighted by atomic mass is 9.95. The Bertz CT molecular complexity index is 498. The molecule has 5 heteroatoms. The Morgan fingerprint density at radius 1 is 1.19 bits per heavy atom. The molecule has 0 saturated heterocycles. The molecule has 0 heterocycles. The van der Waals surface area contributed by atoms with Crippen LogP contribution in [-0.4, -0.2) is 24.5 Å². The van der Waals surface area contributed by atoms with E-state index in [0.29, 0.717) is 10.6 Å². The largest absolute Gasteiger partial charge is 0.455 e. The van der Waals surface area contributed by atoms with E-state index in [9.17, 15) is 9.59 Å². The van der Waals surface area contributed by atoms with Crippen molar-refractivity contribution in [3.8, 4) is 0 Å². The number of amides is 1. The minimum atomic E-state index is -0.443. The van der Waals surface area contributed by atoms with Crippen LogP contribution in [-0.2, 0) is 20.7 Å². The van der Waals surface area contributed by atoms with Crippen molar-refractivity contribution in [1.29, 1.82) is 0 Å². The number of benzene rings is 1. The standard InChI is InChI=1S/C16H20ClNO3/c17-14-9-5-4-6-12(14)10-16(20)21-11-15(19)18-13-7-2-1-3-8-13/h4-6,9,13H,1-3,7-8,10-11H2,(H,18,19). The smallest absolute Gasteiger partial charge is 0.310 e. The van der Waals surface area contributed by atoms with Crippen LogP contribution in [0.1, 0.15) is 37.7 Å². The second-order valence-corrected chi connectivity index (χ2v) is 5.74. The number of hydrogen-bond donors (Lipinski definition) is 1. The average Bonchev–Trinajstić information content (AvgIpc) is 2.49. The highest BCUT2D eigenvalue weighted by atomic mass is 35.5. The van der Waals surface area contributed by atoms with Gasteiger partial charge < -0.3 is 10.1 Å². The molecule has 1 saturated carbocycles. The molecule has 2 rings (SSSR count). The molecule has 1 N–H and O–H groups in total. The summed E-state index contributed by atoms with van der Waals surface area (Å²) in [6.07, 6.45) is 5.64. The normalized spacial score (nSPS) is 15.5. The topological polar surface area (TPSA) is 55.4 Å². The Hall–Kier alpha value is -1.55. The fourth-order valence-corrected chi connectivity index (χ4v) is 2.71. The summed E-state index contributed by atoms with van der Waals surface area (Å²) in [5.74, 6) is -0.670. The van der Waals surface area contributed by atoms with Crippen LogP contribution in [0.3, 0.4) is 0 Å². The lowest BCUT2D eigenvalue weighted by Crippen LogP contribution is -2.38. The van der Waals surface area contributed by atoms with Gasteiger partial charge in [0.25, 0.3) is 5.91 Å². The van der Waals surface area contributed by atoms with Crippen molar-refractivity contribution in [3.63, 3.8) is 0 Å². The second-order valence-electron chi connectivity index (χ2n) is 5.33. The molecular weight excluding hydrogens is 290 g/mol. The number of hydrogen-bond acceptors (Lipinski definition) is 3. The number of nitrogens with one attached hydrogen (secondary N) is 1. The monoisotopic (exact) mass is 309 g/mol. The van der Waals surface area contributed by atoms with Gasteiger partial charge in [0.1, 0.15) is 0 Å². The van der Waals surface area contributed by atoms with E-state index in [1.54, 1.807) is 18.2 Å². The lowest BCUT2D eigenvalue weighted by Gasteiger charge is -2.22. The van der Waals surface area contributed by atoms with Gasteiger partial charge in [0, 0.05) is 11.1 Å². The molecule has 0 spiro atoms. The van der Waals surface area contributed by atoms with Crippen molar-refractivity contribution in [2.24, 2.45) is 0 Å². The van der Waals surface area contributed by atoms with Crippen LogP contribution in [0.2, 0.25) is 5.02 Å². The van der Waals surface area contributed by atoms with Gasteiger partial charge in [-0.1, -0.05) is 49.1 Å². The second kappa shape index (κ2) is 8.03. The van der Waals surface area contributed by atoms with Crippen LogP contribution in [0.25, 0.3) is 0 Å². The molecule has 0 bridgehead atoms. The molecular formula is C16H20ClNO3. The Morgan fingerprint density at radius 2 is 1.90 bits per heavy atom. The first-order chi connectivity index (χ1) is 10.1. The van der Waals surface area contributed by atoms with Gasteiger partial charge in [0.2, 0.25) is 0 Å². The summed E-state index contributed by atoms with van der Waals surface area (Å²) >= 11 is 5.97. The third-order valence-corrected chi connectivity index (χ3v) is 4.00. The fourth-order valence-electron chi connectivity index (χ4n) is 2.51. The zero-order chi connectivity index (χ0) is 15.1. The van der Waals surface area contributed by atoms with E-state index in [1.807, 2.05) is 6.07 Å². The third-order valence-electron chi connectivity index (χ3n) is 3.63. The number of rotatable bonds is 5. The van der Waals surface area contributed by atoms with Gasteiger partial charge in [-0.3, -0.25) is 9.59 Å². The van der Waals surface area contributed by atoms with Gasteiger partial charge in [-0.05, 0) is 24.5 Å². The Balaban J connectivity index is 1.71. The summed E-state index contributed by atoms with van der Waals surface area (Å²) < 4.78 is 4.99. The molecule has 0 unspecified atom stereocenters. The van der Waals surface area contributed by atoms with Crippen LogP contribution < -0.4 is 5.32 Å². The van der Waals surface area contributed by atoms with Crippen molar-refractivity contribution in [1.82, 2.24) is 5.32 Å². The minimum absolute atomic E-state index is 0.0797. The summed E-state index contributed by atoms with van der Waals surface area (Å²) in [6, 6.07) is 7.33. The van der Waals surface area contributed by atoms with Crippen molar-refractivity contribution in [2.45, 2.75) is 44.6 Å². The van der Waals surface area contributed by atoms with Crippen molar-refractivity contribution < 1.29 is 14.3 Å². The zero-order valence-electron chi connectivity index (χ0n) is 11.9. The van der Waals surface area contributed by atoms with E-state index in [4.69, 9.17) is 16.3 Å². The fraction of sp³-hybridized carbons (Fsp3) is 0.500. The Labute approximate surface area is 129 Å². The van der Waals surface area contributed by atoms with Crippen molar-refractivity contribution >= 4 is 23.5 Å². The molecule has 0 aromatic heterocycles. The van der Waals surface area contributed by atoms with Crippen LogP contribution >= 0.6 is 11.6 Å². The van der Waals surface area contributed by atoms with Gasteiger partial charge in [-0.15, -0.1) is 0 Å². The summed E-state index contributed by atoms with van der Waals surface area (Å²) in [7, 11) is 0. The predicted octanol–water partition coefficient (Wildman–Crippen LogP) is 2.87. The average molecular weight is 310 g/mol. The number of ether oxygens (including phenoxy) is 1.